The highest BCUT2D eigenvalue weighted by Gasteiger charge is 2.28. The summed E-state index contributed by atoms with van der Waals surface area (Å²) < 4.78 is 23.2. The number of fused-ring (bicyclic) bond motifs is 1. The molecule has 0 amide bonds. The maximum Gasteiger partial charge on any atom is 0.325 e. The van der Waals surface area contributed by atoms with Crippen LogP contribution in [-0.4, -0.2) is 37.0 Å². The molecule has 4 rings (SSSR count). The van der Waals surface area contributed by atoms with Crippen molar-refractivity contribution in [3.8, 4) is 17.2 Å². The molecule has 4 atom stereocenters. The van der Waals surface area contributed by atoms with Gasteiger partial charge in [0.1, 0.15) is 23.9 Å². The van der Waals surface area contributed by atoms with Gasteiger partial charge in [-0.05, 0) is 92.0 Å². The molecule has 0 spiro atoms. The van der Waals surface area contributed by atoms with E-state index in [9.17, 15) is 4.79 Å². The van der Waals surface area contributed by atoms with Crippen molar-refractivity contribution in [1.29, 1.82) is 0 Å². The monoisotopic (exact) mass is 540 g/mol. The summed E-state index contributed by atoms with van der Waals surface area (Å²) in [5.74, 6) is 2.58. The highest BCUT2D eigenvalue weighted by atomic mass is 31.1. The van der Waals surface area contributed by atoms with E-state index in [1.165, 1.54) is 37.7 Å². The smallest absolute Gasteiger partial charge is 0.325 e. The summed E-state index contributed by atoms with van der Waals surface area (Å²) in [7, 11) is 3.02. The fourth-order valence-corrected chi connectivity index (χ4v) is 4.84. The Morgan fingerprint density at radius 2 is 1.57 bits per heavy atom. The van der Waals surface area contributed by atoms with Crippen molar-refractivity contribution in [3.05, 3.63) is 66.2 Å². The average molecular weight is 541 g/mol. The van der Waals surface area contributed by atoms with Gasteiger partial charge in [-0.1, -0.05) is 43.5 Å². The number of carbonyl (C=O) groups is 1. The molecule has 1 aliphatic carbocycles. The number of hydrogen-bond donors (Lipinski definition) is 0. The van der Waals surface area contributed by atoms with Crippen LogP contribution in [0.4, 0.5) is 0 Å². The molecule has 1 saturated carbocycles. The van der Waals surface area contributed by atoms with Crippen LogP contribution in [0.25, 0.3) is 10.8 Å². The summed E-state index contributed by atoms with van der Waals surface area (Å²) in [5, 5.41) is 1.97. The molecule has 37 heavy (non-hydrogen) atoms. The fourth-order valence-electron chi connectivity index (χ4n) is 4.53. The van der Waals surface area contributed by atoms with Gasteiger partial charge in [0.25, 0.3) is 0 Å². The topological polar surface area (TPSA) is 54.0 Å². The first-order valence-electron chi connectivity index (χ1n) is 13.1. The Morgan fingerprint density at radius 3 is 2.24 bits per heavy atom. The van der Waals surface area contributed by atoms with Crippen LogP contribution in [0.15, 0.2) is 60.7 Å². The third-order valence-corrected chi connectivity index (χ3v) is 9.24. The molecule has 0 bridgehead atoms. The number of hydrogen-bond acceptors (Lipinski definition) is 5. The van der Waals surface area contributed by atoms with Crippen LogP contribution in [0.3, 0.4) is 0 Å². The van der Waals surface area contributed by atoms with Crippen LogP contribution < -0.4 is 14.2 Å². The maximum absolute atomic E-state index is 12.4. The Bertz CT molecular complexity index is 1170. The SMILES string of the molecule is CPC(C)(P)C(=O)Oc1ccc2cc(OC(C)OCCOc3ccc(C4CCCCC4)cc3)ccc2c1. The van der Waals surface area contributed by atoms with Gasteiger partial charge >= 0.3 is 5.97 Å². The summed E-state index contributed by atoms with van der Waals surface area (Å²) >= 11 is 0. The molecule has 0 heterocycles. The summed E-state index contributed by atoms with van der Waals surface area (Å²) in [6.45, 7) is 6.63. The average Bonchev–Trinajstić information content (AvgIpc) is 2.92. The Labute approximate surface area is 224 Å². The normalized spacial score (nSPS) is 17.0. The van der Waals surface area contributed by atoms with E-state index < -0.39 is 11.2 Å². The summed E-state index contributed by atoms with van der Waals surface area (Å²) in [6, 6.07) is 20.0. The second-order valence-electron chi connectivity index (χ2n) is 9.82. The molecular weight excluding hydrogens is 502 g/mol. The number of esters is 1. The van der Waals surface area contributed by atoms with Gasteiger partial charge in [-0.15, -0.1) is 17.8 Å². The van der Waals surface area contributed by atoms with Crippen molar-refractivity contribution in [3.63, 3.8) is 0 Å². The van der Waals surface area contributed by atoms with Crippen LogP contribution >= 0.6 is 17.8 Å². The Balaban J connectivity index is 1.22. The van der Waals surface area contributed by atoms with Gasteiger partial charge in [0.05, 0.1) is 11.5 Å². The van der Waals surface area contributed by atoms with E-state index in [0.29, 0.717) is 39.2 Å². The van der Waals surface area contributed by atoms with Gasteiger partial charge in [0.15, 0.2) is 6.29 Å². The van der Waals surface area contributed by atoms with E-state index in [1.807, 2.05) is 56.9 Å². The molecule has 3 aromatic carbocycles. The first-order chi connectivity index (χ1) is 17.8. The van der Waals surface area contributed by atoms with E-state index >= 15 is 0 Å². The third kappa shape index (κ3) is 7.90. The number of carbonyl (C=O) groups excluding carboxylic acids is 1. The van der Waals surface area contributed by atoms with E-state index in [4.69, 9.17) is 18.9 Å². The predicted octanol–water partition coefficient (Wildman–Crippen LogP) is 7.51. The minimum absolute atomic E-state index is 0.246. The van der Waals surface area contributed by atoms with Crippen molar-refractivity contribution in [2.45, 2.75) is 63.1 Å². The Kier molecular flexibility index (Phi) is 9.82. The predicted molar refractivity (Wildman–Crippen MR) is 156 cm³/mol. The van der Waals surface area contributed by atoms with Gasteiger partial charge in [-0.3, -0.25) is 4.79 Å². The highest BCUT2D eigenvalue weighted by Crippen LogP contribution is 2.37. The number of ether oxygens (including phenoxy) is 4. The second-order valence-corrected chi connectivity index (χ2v) is 13.1. The summed E-state index contributed by atoms with van der Waals surface area (Å²) in [4.78, 5) is 11.8. The van der Waals surface area contributed by atoms with Crippen molar-refractivity contribution in [1.82, 2.24) is 0 Å². The van der Waals surface area contributed by atoms with Crippen LogP contribution in [0.2, 0.25) is 0 Å². The van der Waals surface area contributed by atoms with Crippen molar-refractivity contribution >= 4 is 34.6 Å². The largest absolute Gasteiger partial charge is 0.491 e. The quantitative estimate of drug-likeness (QED) is 0.0828. The van der Waals surface area contributed by atoms with Gasteiger partial charge in [-0.25, -0.2) is 0 Å². The lowest BCUT2D eigenvalue weighted by Crippen LogP contribution is -2.27. The first kappa shape index (κ1) is 27.8. The zero-order valence-corrected chi connectivity index (χ0v) is 24.2. The molecule has 1 fully saturated rings. The molecule has 0 aliphatic heterocycles. The van der Waals surface area contributed by atoms with Crippen molar-refractivity contribution in [2.24, 2.45) is 0 Å². The molecule has 0 radical (unpaired) electrons. The summed E-state index contributed by atoms with van der Waals surface area (Å²) in [6.07, 6.45) is 6.25. The van der Waals surface area contributed by atoms with E-state index in [0.717, 1.165) is 16.5 Å². The van der Waals surface area contributed by atoms with Crippen LogP contribution in [0.1, 0.15) is 57.4 Å². The van der Waals surface area contributed by atoms with Crippen molar-refractivity contribution < 1.29 is 23.7 Å². The lowest BCUT2D eigenvalue weighted by molar-refractivity contribution is -0.134. The van der Waals surface area contributed by atoms with Crippen LogP contribution in [-0.2, 0) is 9.53 Å². The Morgan fingerprint density at radius 1 is 0.946 bits per heavy atom. The lowest BCUT2D eigenvalue weighted by atomic mass is 9.84. The van der Waals surface area contributed by atoms with Gasteiger partial charge in [-0.2, -0.15) is 0 Å². The van der Waals surface area contributed by atoms with Gasteiger partial charge in [0.2, 0.25) is 0 Å². The molecule has 5 nitrogen and oxygen atoms in total. The molecular formula is C30H38O5P2. The molecule has 0 aromatic heterocycles. The second kappa shape index (κ2) is 13.1. The zero-order valence-electron chi connectivity index (χ0n) is 22.0. The minimum atomic E-state index is -0.563. The molecule has 0 saturated heterocycles. The summed E-state index contributed by atoms with van der Waals surface area (Å²) in [5.41, 5.74) is 1.43. The van der Waals surface area contributed by atoms with Crippen LogP contribution in [0, 0.1) is 0 Å². The van der Waals surface area contributed by atoms with Gasteiger partial charge in [0, 0.05) is 0 Å². The lowest BCUT2D eigenvalue weighted by Gasteiger charge is -2.22. The van der Waals surface area contributed by atoms with Crippen molar-refractivity contribution in [2.75, 3.05) is 19.9 Å². The van der Waals surface area contributed by atoms with E-state index in [1.54, 1.807) is 0 Å². The minimum Gasteiger partial charge on any atom is -0.491 e. The third-order valence-electron chi connectivity index (χ3n) is 6.90. The molecule has 1 aliphatic rings. The van der Waals surface area contributed by atoms with Gasteiger partial charge < -0.3 is 18.9 Å². The first-order valence-corrected chi connectivity index (χ1v) is 15.2. The van der Waals surface area contributed by atoms with Crippen LogP contribution in [0.5, 0.6) is 17.2 Å². The molecule has 198 valence electrons. The Hall–Kier alpha value is -2.19. The maximum atomic E-state index is 12.4. The highest BCUT2D eigenvalue weighted by molar-refractivity contribution is 7.53. The fraction of sp³-hybridized carbons (Fsp3) is 0.433. The number of benzene rings is 3. The number of rotatable bonds is 11. The zero-order chi connectivity index (χ0) is 26.3. The molecule has 0 N–H and O–H groups in total. The molecule has 4 unspecified atom stereocenters. The molecule has 7 heteroatoms. The molecule has 3 aromatic rings. The standard InChI is InChI=1S/C30H38O5P2/c1-21(32-17-18-33-26-13-9-23(10-14-26)22-7-5-4-6-8-22)34-27-15-11-25-20-28(16-12-24(25)19-27)35-29(31)30(2,36)37-3/h9-16,19-22,37H,4-8,17-18,36H2,1-3H3. The van der Waals surface area contributed by atoms with E-state index in [2.05, 4.69) is 33.5 Å². The van der Waals surface area contributed by atoms with E-state index in [-0.39, 0.29) is 5.97 Å².